The van der Waals surface area contributed by atoms with Gasteiger partial charge in [-0.2, -0.15) is 9.97 Å². The fraction of sp³-hybridized carbons (Fsp3) is 0.419. The Bertz CT molecular complexity index is 1580. The maximum Gasteiger partial charge on any atom is 0.319 e. The van der Waals surface area contributed by atoms with Crippen LogP contribution in [-0.4, -0.2) is 76.0 Å². The molecule has 0 radical (unpaired) electrons. The number of anilines is 1. The number of benzene rings is 3. The first-order chi connectivity index (χ1) is 19.4. The number of rotatable bonds is 8. The molecule has 10 heteroatoms. The fourth-order valence-corrected chi connectivity index (χ4v) is 6.13. The van der Waals surface area contributed by atoms with Gasteiger partial charge in [0.25, 0.3) is 0 Å². The van der Waals surface area contributed by atoms with E-state index < -0.39 is 5.82 Å². The van der Waals surface area contributed by atoms with E-state index in [0.29, 0.717) is 29.4 Å². The Morgan fingerprint density at radius 1 is 1.10 bits per heavy atom. The first-order valence-electron chi connectivity index (χ1n) is 13.8. The maximum atomic E-state index is 16.7. The lowest BCUT2D eigenvalue weighted by Crippen LogP contribution is -2.42. The van der Waals surface area contributed by atoms with Crippen molar-refractivity contribution in [1.82, 2.24) is 18.0 Å². The van der Waals surface area contributed by atoms with Crippen LogP contribution in [0.2, 0.25) is 5.02 Å². The molecule has 7 nitrogen and oxygen atoms in total. The summed E-state index contributed by atoms with van der Waals surface area (Å²) in [4.78, 5) is 13.8. The Labute approximate surface area is 259 Å². The zero-order chi connectivity index (χ0) is 29.5. The Morgan fingerprint density at radius 3 is 2.51 bits per heavy atom. The lowest BCUT2D eigenvalue weighted by atomic mass is 9.87. The number of aromatic hydroxyl groups is 1. The molecule has 218 valence electrons. The first kappa shape index (κ1) is 30.0. The fourth-order valence-electron chi connectivity index (χ4n) is 5.41. The Hall–Kier alpha value is -2.47. The van der Waals surface area contributed by atoms with Gasteiger partial charge in [0, 0.05) is 71.5 Å². The number of ether oxygens (including phenoxy) is 1. The number of piperazine rings is 1. The summed E-state index contributed by atoms with van der Waals surface area (Å²) in [6, 6.07) is 13.0. The highest BCUT2D eigenvalue weighted by atomic mass is 127. The first-order valence-corrected chi connectivity index (χ1v) is 15.1. The molecule has 0 spiro atoms. The number of phenolic OH excluding ortho intramolecular Hbond substituents is 1. The molecule has 0 bridgehead atoms. The minimum absolute atomic E-state index is 0.0347. The molecule has 3 aromatic carbocycles. The van der Waals surface area contributed by atoms with Crippen LogP contribution in [0.5, 0.6) is 11.8 Å². The third kappa shape index (κ3) is 6.48. The van der Waals surface area contributed by atoms with E-state index in [2.05, 4.69) is 75.6 Å². The monoisotopic (exact) mass is 691 g/mol. The standard InChI is InChI=1S/C31H36ClFIN5O2/c1-19(37(4)5)17-31(2,3)18-41-30-35-28-24(29(36-30)38-10-12-39(34)13-11-38)16-25(32)26(27(28)33)23-15-21(40)14-20-8-6-7-9-22(20)23/h6-9,14-16,19,40H,10-13,17-18H2,1-5H3. The molecule has 0 saturated carbocycles. The number of nitrogens with zero attached hydrogens (tertiary/aromatic N) is 5. The minimum atomic E-state index is -0.565. The summed E-state index contributed by atoms with van der Waals surface area (Å²) in [5.41, 5.74) is 0.691. The van der Waals surface area contributed by atoms with Crippen LogP contribution in [0, 0.1) is 11.2 Å². The summed E-state index contributed by atoms with van der Waals surface area (Å²) in [6.07, 6.45) is 0.913. The van der Waals surface area contributed by atoms with Crippen molar-refractivity contribution < 1.29 is 14.2 Å². The van der Waals surface area contributed by atoms with Crippen LogP contribution in [0.1, 0.15) is 27.2 Å². The quantitative estimate of drug-likeness (QED) is 0.155. The predicted octanol–water partition coefficient (Wildman–Crippen LogP) is 7.17. The van der Waals surface area contributed by atoms with Crippen molar-refractivity contribution in [3.8, 4) is 22.9 Å². The SMILES string of the molecule is CC(CC(C)(C)COc1nc(N2CCN(I)CC2)c2cc(Cl)c(-c3cc(O)cc4ccccc34)c(F)c2n1)N(C)C. The van der Waals surface area contributed by atoms with E-state index in [4.69, 9.17) is 21.3 Å². The zero-order valence-corrected chi connectivity index (χ0v) is 27.0. The number of halogens is 3. The highest BCUT2D eigenvalue weighted by Crippen LogP contribution is 2.42. The van der Waals surface area contributed by atoms with Gasteiger partial charge in [-0.05, 0) is 62.0 Å². The minimum Gasteiger partial charge on any atom is -0.508 e. The summed E-state index contributed by atoms with van der Waals surface area (Å²) in [6.45, 7) is 10.0. The Morgan fingerprint density at radius 2 is 1.80 bits per heavy atom. The molecule has 1 unspecified atom stereocenters. The van der Waals surface area contributed by atoms with Crippen LogP contribution in [0.3, 0.4) is 0 Å². The molecule has 2 heterocycles. The molecular weight excluding hydrogens is 656 g/mol. The summed E-state index contributed by atoms with van der Waals surface area (Å²) in [7, 11) is 4.13. The molecule has 1 aromatic heterocycles. The number of fused-ring (bicyclic) bond motifs is 2. The van der Waals surface area contributed by atoms with Crippen LogP contribution < -0.4 is 9.64 Å². The third-order valence-electron chi connectivity index (χ3n) is 7.80. The molecule has 1 aliphatic heterocycles. The second-order valence-corrected chi connectivity index (χ2v) is 13.6. The largest absolute Gasteiger partial charge is 0.508 e. The van der Waals surface area contributed by atoms with Gasteiger partial charge < -0.3 is 19.6 Å². The summed E-state index contributed by atoms with van der Waals surface area (Å²) in [5, 5.41) is 12.8. The smallest absolute Gasteiger partial charge is 0.319 e. The van der Waals surface area contributed by atoms with Gasteiger partial charge in [-0.15, -0.1) is 0 Å². The molecular formula is C31H36ClFIN5O2. The normalized spacial score (nSPS) is 15.7. The topological polar surface area (TPSA) is 65.0 Å². The molecule has 1 atom stereocenters. The van der Waals surface area contributed by atoms with Crippen LogP contribution in [0.4, 0.5) is 10.2 Å². The van der Waals surface area contributed by atoms with Crippen molar-refractivity contribution in [2.75, 3.05) is 51.8 Å². The highest BCUT2D eigenvalue weighted by Gasteiger charge is 2.27. The van der Waals surface area contributed by atoms with Gasteiger partial charge in [0.1, 0.15) is 17.1 Å². The van der Waals surface area contributed by atoms with Gasteiger partial charge in [-0.1, -0.05) is 49.7 Å². The Kier molecular flexibility index (Phi) is 8.80. The average Bonchev–Trinajstić information content (AvgIpc) is 2.92. The summed E-state index contributed by atoms with van der Waals surface area (Å²) in [5.74, 6) is 0.0827. The maximum absolute atomic E-state index is 16.7. The summed E-state index contributed by atoms with van der Waals surface area (Å²) < 4.78 is 25.1. The van der Waals surface area contributed by atoms with Gasteiger partial charge in [-0.3, -0.25) is 0 Å². The zero-order valence-electron chi connectivity index (χ0n) is 24.1. The van der Waals surface area contributed by atoms with Crippen molar-refractivity contribution in [2.45, 2.75) is 33.2 Å². The number of hydrogen-bond acceptors (Lipinski definition) is 7. The molecule has 1 saturated heterocycles. The van der Waals surface area contributed by atoms with Crippen LogP contribution in [-0.2, 0) is 0 Å². The van der Waals surface area contributed by atoms with Gasteiger partial charge >= 0.3 is 6.01 Å². The lowest BCUT2D eigenvalue weighted by Gasteiger charge is -2.33. The molecule has 1 N–H and O–H groups in total. The Balaban J connectivity index is 1.63. The molecule has 41 heavy (non-hydrogen) atoms. The second-order valence-electron chi connectivity index (χ2n) is 11.9. The van der Waals surface area contributed by atoms with Gasteiger partial charge in [0.05, 0.1) is 11.6 Å². The summed E-state index contributed by atoms with van der Waals surface area (Å²) >= 11 is 9.15. The van der Waals surface area contributed by atoms with E-state index in [0.717, 1.165) is 43.4 Å². The van der Waals surface area contributed by atoms with Crippen LogP contribution in [0.25, 0.3) is 32.8 Å². The number of hydrogen-bond donors (Lipinski definition) is 1. The molecule has 0 aliphatic carbocycles. The number of aromatic nitrogens is 2. The molecule has 4 aromatic rings. The van der Waals surface area contributed by atoms with Gasteiger partial charge in [0.2, 0.25) is 0 Å². The van der Waals surface area contributed by atoms with E-state index in [1.54, 1.807) is 18.2 Å². The third-order valence-corrected chi connectivity index (χ3v) is 9.07. The predicted molar refractivity (Wildman–Crippen MR) is 174 cm³/mol. The second kappa shape index (κ2) is 12.0. The van der Waals surface area contributed by atoms with E-state index in [1.807, 2.05) is 24.3 Å². The molecule has 1 fully saturated rings. The van der Waals surface area contributed by atoms with E-state index in [-0.39, 0.29) is 33.3 Å². The number of phenols is 1. The van der Waals surface area contributed by atoms with Crippen molar-refractivity contribution in [1.29, 1.82) is 0 Å². The van der Waals surface area contributed by atoms with Gasteiger partial charge in [-0.25, -0.2) is 7.50 Å². The van der Waals surface area contributed by atoms with Crippen molar-refractivity contribution in [3.05, 3.63) is 53.3 Å². The molecule has 1 aliphatic rings. The van der Waals surface area contributed by atoms with E-state index in [1.165, 1.54) is 0 Å². The van der Waals surface area contributed by atoms with E-state index >= 15 is 4.39 Å². The van der Waals surface area contributed by atoms with E-state index in [9.17, 15) is 5.11 Å². The van der Waals surface area contributed by atoms with Crippen molar-refractivity contribution in [2.24, 2.45) is 5.41 Å². The van der Waals surface area contributed by atoms with Crippen molar-refractivity contribution in [3.63, 3.8) is 0 Å². The van der Waals surface area contributed by atoms with Crippen molar-refractivity contribution >= 4 is 62.0 Å². The highest BCUT2D eigenvalue weighted by molar-refractivity contribution is 14.1. The molecule has 5 rings (SSSR count). The molecule has 0 amide bonds. The van der Waals surface area contributed by atoms with Gasteiger partial charge in [0.15, 0.2) is 5.82 Å². The lowest BCUT2D eigenvalue weighted by molar-refractivity contribution is 0.126. The van der Waals surface area contributed by atoms with Crippen LogP contribution in [0.15, 0.2) is 42.5 Å². The van der Waals surface area contributed by atoms with Crippen LogP contribution >= 0.6 is 34.5 Å². The average molecular weight is 692 g/mol.